The minimum absolute atomic E-state index is 0.0144. The molecule has 2 aromatic heterocycles. The van der Waals surface area contributed by atoms with Crippen LogP contribution in [-0.2, 0) is 17.6 Å². The van der Waals surface area contributed by atoms with E-state index in [-0.39, 0.29) is 29.4 Å². The van der Waals surface area contributed by atoms with E-state index in [9.17, 15) is 9.59 Å². The summed E-state index contributed by atoms with van der Waals surface area (Å²) in [4.78, 5) is 30.3. The molecular weight excluding hydrogens is 334 g/mol. The molecule has 8 nitrogen and oxygen atoms in total. The summed E-state index contributed by atoms with van der Waals surface area (Å²) in [5, 5.41) is 9.80. The quantitative estimate of drug-likeness (QED) is 0.745. The van der Waals surface area contributed by atoms with Crippen LogP contribution in [0.2, 0.25) is 0 Å². The molecule has 0 aliphatic rings. The van der Waals surface area contributed by atoms with Crippen molar-refractivity contribution >= 4 is 11.8 Å². The fourth-order valence-electron chi connectivity index (χ4n) is 2.75. The lowest BCUT2D eigenvalue weighted by Gasteiger charge is -2.30. The Morgan fingerprint density at radius 1 is 1.38 bits per heavy atom. The number of hydrogen-bond acceptors (Lipinski definition) is 5. The minimum atomic E-state index is -0.298. The van der Waals surface area contributed by atoms with E-state index in [1.165, 1.54) is 6.39 Å². The third-order valence-electron chi connectivity index (χ3n) is 4.09. The number of nitrogens with zero attached hydrogens (tertiary/aromatic N) is 3. The average Bonchev–Trinajstić information content (AvgIpc) is 3.20. The summed E-state index contributed by atoms with van der Waals surface area (Å²) in [6.45, 7) is 8.73. The predicted molar refractivity (Wildman–Crippen MR) is 96.7 cm³/mol. The van der Waals surface area contributed by atoms with Gasteiger partial charge in [-0.05, 0) is 24.8 Å². The molecule has 2 N–H and O–H groups in total. The number of amides is 2. The number of rotatable bonds is 8. The number of oxazole rings is 1. The molecule has 0 bridgehead atoms. The summed E-state index contributed by atoms with van der Waals surface area (Å²) >= 11 is 0. The fraction of sp³-hybridized carbons (Fsp3) is 0.556. The van der Waals surface area contributed by atoms with Gasteiger partial charge in [-0.25, -0.2) is 4.98 Å². The van der Waals surface area contributed by atoms with Crippen LogP contribution in [0.4, 0.5) is 0 Å². The number of likely N-dealkylation sites (N-methyl/N-ethyl adjacent to an activating group) is 1. The minimum Gasteiger partial charge on any atom is -0.438 e. The lowest BCUT2D eigenvalue weighted by molar-refractivity contribution is -0.130. The number of hydrogen-bond donors (Lipinski definition) is 2. The molecule has 142 valence electrons. The van der Waals surface area contributed by atoms with Gasteiger partial charge >= 0.3 is 0 Å². The van der Waals surface area contributed by atoms with Crippen LogP contribution in [-0.4, -0.2) is 52.0 Å². The normalized spacial score (nSPS) is 11.4. The maximum atomic E-state index is 12.4. The second kappa shape index (κ2) is 8.16. The van der Waals surface area contributed by atoms with Crippen molar-refractivity contribution < 1.29 is 14.0 Å². The van der Waals surface area contributed by atoms with Crippen LogP contribution in [0, 0.1) is 12.3 Å². The molecule has 8 heteroatoms. The molecule has 2 amide bonds. The molecule has 0 aliphatic carbocycles. The van der Waals surface area contributed by atoms with E-state index in [1.54, 1.807) is 11.9 Å². The highest BCUT2D eigenvalue weighted by Crippen LogP contribution is 2.17. The highest BCUT2D eigenvalue weighted by molar-refractivity contribution is 5.92. The first-order valence-corrected chi connectivity index (χ1v) is 8.67. The Kier molecular flexibility index (Phi) is 6.18. The molecule has 0 saturated heterocycles. The topological polar surface area (TPSA) is 104 Å². The molecule has 2 rings (SSSR count). The molecular formula is C18H27N5O3. The van der Waals surface area contributed by atoms with Gasteiger partial charge in [-0.15, -0.1) is 0 Å². The average molecular weight is 361 g/mol. The number of H-pyrrole nitrogens is 1. The summed E-state index contributed by atoms with van der Waals surface area (Å²) in [7, 11) is 1.76. The van der Waals surface area contributed by atoms with Crippen molar-refractivity contribution in [1.82, 2.24) is 25.4 Å². The van der Waals surface area contributed by atoms with Crippen LogP contribution in [0.15, 0.2) is 16.9 Å². The van der Waals surface area contributed by atoms with Crippen molar-refractivity contribution in [2.75, 3.05) is 20.1 Å². The van der Waals surface area contributed by atoms with Crippen molar-refractivity contribution in [3.8, 4) is 0 Å². The van der Waals surface area contributed by atoms with Gasteiger partial charge in [0.15, 0.2) is 6.39 Å². The van der Waals surface area contributed by atoms with Gasteiger partial charge in [0.25, 0.3) is 5.91 Å². The predicted octanol–water partition coefficient (Wildman–Crippen LogP) is 1.73. The van der Waals surface area contributed by atoms with Gasteiger partial charge in [0.2, 0.25) is 11.7 Å². The number of nitrogens with one attached hydrogen (secondary N) is 2. The molecule has 0 atom stereocenters. The number of aryl methyl sites for hydroxylation is 2. The maximum Gasteiger partial charge on any atom is 0.289 e. The molecule has 0 spiro atoms. The molecule has 0 aromatic carbocycles. The van der Waals surface area contributed by atoms with E-state index in [2.05, 4.69) is 20.5 Å². The van der Waals surface area contributed by atoms with Crippen LogP contribution in [0.3, 0.4) is 0 Å². The van der Waals surface area contributed by atoms with E-state index in [1.807, 2.05) is 33.8 Å². The SMILES string of the molecule is CCc1ncoc1C(=O)NCC(C)(C)CN(C)C(=O)Cc1cc(C)[nH]n1. The molecule has 26 heavy (non-hydrogen) atoms. The standard InChI is InChI=1S/C18H27N5O3/c1-6-14-16(26-11-20-14)17(25)19-9-18(3,4)10-23(5)15(24)8-13-7-12(2)21-22-13/h7,11H,6,8-10H2,1-5H3,(H,19,25)(H,21,22). The second-order valence-electron chi connectivity index (χ2n) is 7.30. The largest absolute Gasteiger partial charge is 0.438 e. The molecule has 0 fully saturated rings. The van der Waals surface area contributed by atoms with Gasteiger partial charge in [0.1, 0.15) is 0 Å². The molecule has 0 aliphatic heterocycles. The van der Waals surface area contributed by atoms with E-state index in [0.29, 0.717) is 25.2 Å². The van der Waals surface area contributed by atoms with Crippen molar-refractivity contribution in [2.24, 2.45) is 5.41 Å². The molecule has 0 unspecified atom stereocenters. The zero-order valence-electron chi connectivity index (χ0n) is 16.0. The van der Waals surface area contributed by atoms with Crippen LogP contribution < -0.4 is 5.32 Å². The second-order valence-corrected chi connectivity index (χ2v) is 7.30. The third-order valence-corrected chi connectivity index (χ3v) is 4.09. The van der Waals surface area contributed by atoms with Gasteiger partial charge < -0.3 is 14.6 Å². The van der Waals surface area contributed by atoms with Gasteiger partial charge in [-0.1, -0.05) is 20.8 Å². The van der Waals surface area contributed by atoms with E-state index in [0.717, 1.165) is 11.4 Å². The molecule has 2 aromatic rings. The van der Waals surface area contributed by atoms with Crippen LogP contribution in [0.1, 0.15) is 48.4 Å². The van der Waals surface area contributed by atoms with Crippen LogP contribution >= 0.6 is 0 Å². The fourth-order valence-corrected chi connectivity index (χ4v) is 2.75. The third kappa shape index (κ3) is 5.18. The Morgan fingerprint density at radius 3 is 2.73 bits per heavy atom. The van der Waals surface area contributed by atoms with Crippen molar-refractivity contribution in [3.63, 3.8) is 0 Å². The van der Waals surface area contributed by atoms with Crippen molar-refractivity contribution in [2.45, 2.75) is 40.5 Å². The summed E-state index contributed by atoms with van der Waals surface area (Å²) < 4.78 is 5.17. The van der Waals surface area contributed by atoms with Gasteiger partial charge in [-0.2, -0.15) is 5.10 Å². The Morgan fingerprint density at radius 2 is 2.12 bits per heavy atom. The van der Waals surface area contributed by atoms with E-state index < -0.39 is 0 Å². The van der Waals surface area contributed by atoms with Gasteiger partial charge in [0, 0.05) is 25.8 Å². The number of carbonyl (C=O) groups is 2. The van der Waals surface area contributed by atoms with Crippen LogP contribution in [0.5, 0.6) is 0 Å². The van der Waals surface area contributed by atoms with Crippen molar-refractivity contribution in [3.05, 3.63) is 35.3 Å². The molecule has 2 heterocycles. The van der Waals surface area contributed by atoms with E-state index in [4.69, 9.17) is 4.42 Å². The number of carbonyl (C=O) groups excluding carboxylic acids is 2. The summed E-state index contributed by atoms with van der Waals surface area (Å²) in [6, 6.07) is 1.86. The first kappa shape index (κ1) is 19.7. The smallest absolute Gasteiger partial charge is 0.289 e. The summed E-state index contributed by atoms with van der Waals surface area (Å²) in [5.41, 5.74) is 2.00. The number of aromatic nitrogens is 3. The maximum absolute atomic E-state index is 12.4. The Balaban J connectivity index is 1.86. The molecule has 0 radical (unpaired) electrons. The first-order chi connectivity index (χ1) is 12.2. The highest BCUT2D eigenvalue weighted by atomic mass is 16.3. The van der Waals surface area contributed by atoms with Gasteiger partial charge in [0.05, 0.1) is 17.8 Å². The zero-order valence-corrected chi connectivity index (χ0v) is 16.0. The summed E-state index contributed by atoms with van der Waals surface area (Å²) in [5.74, 6) is -0.0468. The Bertz CT molecular complexity index is 762. The monoisotopic (exact) mass is 361 g/mol. The Labute approximate surface area is 153 Å². The molecule has 0 saturated carbocycles. The lowest BCUT2D eigenvalue weighted by atomic mass is 9.92. The van der Waals surface area contributed by atoms with Crippen molar-refractivity contribution in [1.29, 1.82) is 0 Å². The van der Waals surface area contributed by atoms with Gasteiger partial charge in [-0.3, -0.25) is 14.7 Å². The van der Waals surface area contributed by atoms with E-state index >= 15 is 0 Å². The zero-order chi connectivity index (χ0) is 19.3. The van der Waals surface area contributed by atoms with Crippen LogP contribution in [0.25, 0.3) is 0 Å². The lowest BCUT2D eigenvalue weighted by Crippen LogP contribution is -2.43. The Hall–Kier alpha value is -2.64. The first-order valence-electron chi connectivity index (χ1n) is 8.67. The summed E-state index contributed by atoms with van der Waals surface area (Å²) in [6.07, 6.45) is 2.16. The highest BCUT2D eigenvalue weighted by Gasteiger charge is 2.25. The number of aromatic amines is 1.